The Morgan fingerprint density at radius 3 is 2.95 bits per heavy atom. The van der Waals surface area contributed by atoms with E-state index >= 15 is 0 Å². The highest BCUT2D eigenvalue weighted by Crippen LogP contribution is 2.41. The number of para-hydroxylation sites is 1. The van der Waals surface area contributed by atoms with Crippen molar-refractivity contribution in [1.29, 1.82) is 0 Å². The molecule has 0 N–H and O–H groups in total. The van der Waals surface area contributed by atoms with Crippen LogP contribution in [0.3, 0.4) is 0 Å². The zero-order valence-electron chi connectivity index (χ0n) is 11.1. The summed E-state index contributed by atoms with van der Waals surface area (Å²) in [5.41, 5.74) is 6.66. The molecule has 0 saturated heterocycles. The molecule has 0 amide bonds. The van der Waals surface area contributed by atoms with E-state index in [-0.39, 0.29) is 0 Å². The van der Waals surface area contributed by atoms with E-state index in [9.17, 15) is 0 Å². The highest BCUT2D eigenvalue weighted by Gasteiger charge is 2.24. The zero-order valence-corrected chi connectivity index (χ0v) is 11.1. The second-order valence-corrected chi connectivity index (χ2v) is 5.46. The van der Waals surface area contributed by atoms with E-state index in [1.54, 1.807) is 0 Å². The van der Waals surface area contributed by atoms with Crippen LogP contribution in [0.25, 0.3) is 16.5 Å². The Bertz CT molecular complexity index is 753. The lowest BCUT2D eigenvalue weighted by atomic mass is 9.87. The molecule has 0 unspecified atom stereocenters. The van der Waals surface area contributed by atoms with E-state index in [0.717, 1.165) is 30.6 Å². The smallest absolute Gasteiger partial charge is 0.135 e. The molecular weight excluding hydrogens is 232 g/mol. The Kier molecular flexibility index (Phi) is 2.28. The van der Waals surface area contributed by atoms with Crippen molar-refractivity contribution in [2.24, 2.45) is 0 Å². The number of fused-ring (bicyclic) bond motifs is 4. The average Bonchev–Trinajstić information content (AvgIpc) is 2.69. The van der Waals surface area contributed by atoms with Crippen LogP contribution in [-0.4, -0.2) is 0 Å². The van der Waals surface area contributed by atoms with Crippen molar-refractivity contribution in [3.05, 3.63) is 65.0 Å². The summed E-state index contributed by atoms with van der Waals surface area (Å²) in [6.07, 6.45) is 9.86. The number of rotatable bonds is 0. The molecule has 2 aliphatic carbocycles. The van der Waals surface area contributed by atoms with E-state index in [0.29, 0.717) is 0 Å². The van der Waals surface area contributed by atoms with Crippen molar-refractivity contribution >= 4 is 16.5 Å². The Morgan fingerprint density at radius 1 is 1.11 bits per heavy atom. The quantitative estimate of drug-likeness (QED) is 0.636. The van der Waals surface area contributed by atoms with Gasteiger partial charge in [0.15, 0.2) is 0 Å². The lowest BCUT2D eigenvalue weighted by Gasteiger charge is -2.17. The van der Waals surface area contributed by atoms with Crippen molar-refractivity contribution in [2.75, 3.05) is 0 Å². The molecule has 1 aromatic carbocycles. The maximum atomic E-state index is 6.14. The summed E-state index contributed by atoms with van der Waals surface area (Å²) in [6.45, 7) is 2.19. The molecule has 1 aromatic heterocycles. The van der Waals surface area contributed by atoms with E-state index in [1.165, 1.54) is 27.7 Å². The van der Waals surface area contributed by atoms with Crippen LogP contribution in [0.15, 0.2) is 58.1 Å². The number of benzene rings is 1. The van der Waals surface area contributed by atoms with Crippen molar-refractivity contribution in [3.63, 3.8) is 0 Å². The van der Waals surface area contributed by atoms with Crippen molar-refractivity contribution < 1.29 is 4.42 Å². The summed E-state index contributed by atoms with van der Waals surface area (Å²) < 4.78 is 6.14. The van der Waals surface area contributed by atoms with Gasteiger partial charge in [-0.2, -0.15) is 0 Å². The third-order valence-electron chi connectivity index (χ3n) is 4.14. The number of aryl methyl sites for hydroxylation is 1. The Labute approximate surface area is 112 Å². The van der Waals surface area contributed by atoms with Crippen LogP contribution in [0, 0.1) is 0 Å². The predicted octanol–water partition coefficient (Wildman–Crippen LogP) is 5.04. The van der Waals surface area contributed by atoms with E-state index in [2.05, 4.69) is 43.4 Å². The molecule has 1 heteroatoms. The number of furan rings is 1. The minimum absolute atomic E-state index is 1.01. The lowest BCUT2D eigenvalue weighted by Crippen LogP contribution is -2.01. The summed E-state index contributed by atoms with van der Waals surface area (Å²) >= 11 is 0. The van der Waals surface area contributed by atoms with Crippen LogP contribution in [0.1, 0.15) is 31.1 Å². The van der Waals surface area contributed by atoms with Crippen LogP contribution >= 0.6 is 0 Å². The number of hydrogen-bond donors (Lipinski definition) is 0. The van der Waals surface area contributed by atoms with Crippen LogP contribution in [-0.2, 0) is 6.42 Å². The first-order valence-electron chi connectivity index (χ1n) is 6.89. The Hall–Kier alpha value is -2.02. The second-order valence-electron chi connectivity index (χ2n) is 5.46. The summed E-state index contributed by atoms with van der Waals surface area (Å²) in [4.78, 5) is 0. The van der Waals surface area contributed by atoms with E-state index in [4.69, 9.17) is 4.42 Å². The zero-order chi connectivity index (χ0) is 12.8. The van der Waals surface area contributed by atoms with Crippen molar-refractivity contribution in [2.45, 2.75) is 26.2 Å². The largest absolute Gasteiger partial charge is 0.456 e. The molecule has 94 valence electrons. The van der Waals surface area contributed by atoms with Gasteiger partial charge in [-0.3, -0.25) is 0 Å². The fraction of sp³-hybridized carbons (Fsp3) is 0.222. The summed E-state index contributed by atoms with van der Waals surface area (Å²) in [5, 5.41) is 1.29. The normalized spacial score (nSPS) is 18.1. The second kappa shape index (κ2) is 3.99. The molecule has 19 heavy (non-hydrogen) atoms. The van der Waals surface area contributed by atoms with Crippen LogP contribution < -0.4 is 0 Å². The van der Waals surface area contributed by atoms with Gasteiger partial charge in [0.25, 0.3) is 0 Å². The van der Waals surface area contributed by atoms with Gasteiger partial charge < -0.3 is 4.42 Å². The number of allylic oxidation sites excluding steroid dienone is 6. The first-order valence-corrected chi connectivity index (χ1v) is 6.89. The van der Waals surface area contributed by atoms with Crippen LogP contribution in [0.2, 0.25) is 0 Å². The SMILES string of the molecule is CC1=CC=CC2=C(C1)c1oc3ccccc3c1CC2. The van der Waals surface area contributed by atoms with Crippen LogP contribution in [0.4, 0.5) is 0 Å². The van der Waals surface area contributed by atoms with Gasteiger partial charge in [0.05, 0.1) is 0 Å². The first-order chi connectivity index (χ1) is 9.33. The van der Waals surface area contributed by atoms with Gasteiger partial charge in [-0.25, -0.2) is 0 Å². The van der Waals surface area contributed by atoms with Crippen molar-refractivity contribution in [1.82, 2.24) is 0 Å². The maximum absolute atomic E-state index is 6.14. The van der Waals surface area contributed by atoms with Gasteiger partial charge in [-0.15, -0.1) is 0 Å². The summed E-state index contributed by atoms with van der Waals surface area (Å²) in [7, 11) is 0. The van der Waals surface area contributed by atoms with Gasteiger partial charge in [-0.1, -0.05) is 42.0 Å². The van der Waals surface area contributed by atoms with Gasteiger partial charge in [0, 0.05) is 16.5 Å². The van der Waals surface area contributed by atoms with Crippen molar-refractivity contribution in [3.8, 4) is 0 Å². The van der Waals surface area contributed by atoms with E-state index < -0.39 is 0 Å². The maximum Gasteiger partial charge on any atom is 0.135 e. The molecule has 0 spiro atoms. The third-order valence-corrected chi connectivity index (χ3v) is 4.14. The lowest BCUT2D eigenvalue weighted by molar-refractivity contribution is 0.586. The fourth-order valence-electron chi connectivity index (χ4n) is 3.19. The van der Waals surface area contributed by atoms with Gasteiger partial charge in [0.1, 0.15) is 11.3 Å². The standard InChI is InChI=1S/C18H16O/c1-12-5-4-6-13-9-10-15-14-7-2-3-8-17(14)19-18(15)16(13)11-12/h2-8H,9-11H2,1H3. The van der Waals surface area contributed by atoms with Gasteiger partial charge >= 0.3 is 0 Å². The fourth-order valence-corrected chi connectivity index (χ4v) is 3.19. The summed E-state index contributed by atoms with van der Waals surface area (Å²) in [5.74, 6) is 1.13. The minimum atomic E-state index is 1.01. The van der Waals surface area contributed by atoms with Gasteiger partial charge in [-0.05, 0) is 37.8 Å². The molecule has 2 aromatic rings. The predicted molar refractivity (Wildman–Crippen MR) is 79.0 cm³/mol. The molecule has 0 radical (unpaired) electrons. The molecule has 1 nitrogen and oxygen atoms in total. The Morgan fingerprint density at radius 2 is 2.00 bits per heavy atom. The molecular formula is C18H16O. The molecule has 0 bridgehead atoms. The minimum Gasteiger partial charge on any atom is -0.456 e. The number of hydrogen-bond acceptors (Lipinski definition) is 1. The van der Waals surface area contributed by atoms with Crippen LogP contribution in [0.5, 0.6) is 0 Å². The summed E-state index contributed by atoms with van der Waals surface area (Å²) in [6, 6.07) is 8.40. The Balaban J connectivity index is 1.98. The molecule has 2 aliphatic rings. The highest BCUT2D eigenvalue weighted by molar-refractivity contribution is 5.89. The van der Waals surface area contributed by atoms with E-state index in [1.807, 2.05) is 6.07 Å². The molecule has 0 atom stereocenters. The highest BCUT2D eigenvalue weighted by atomic mass is 16.3. The van der Waals surface area contributed by atoms with Gasteiger partial charge in [0.2, 0.25) is 0 Å². The first kappa shape index (κ1) is 10.9. The monoisotopic (exact) mass is 248 g/mol. The molecule has 0 aliphatic heterocycles. The topological polar surface area (TPSA) is 13.1 Å². The molecule has 0 saturated carbocycles. The average molecular weight is 248 g/mol. The molecule has 4 rings (SSSR count). The molecule has 1 heterocycles. The molecule has 0 fully saturated rings. The third kappa shape index (κ3) is 1.61.